The fraction of sp³-hybridized carbons (Fsp3) is 0.556. The summed E-state index contributed by atoms with van der Waals surface area (Å²) in [6, 6.07) is 1.71. The van der Waals surface area contributed by atoms with Gasteiger partial charge in [0.25, 0.3) is 5.91 Å². The van der Waals surface area contributed by atoms with E-state index >= 15 is 0 Å². The first-order valence-electron chi connectivity index (χ1n) is 4.68. The minimum absolute atomic E-state index is 0.0158. The Morgan fingerprint density at radius 2 is 2.43 bits per heavy atom. The molecule has 14 heavy (non-hydrogen) atoms. The second kappa shape index (κ2) is 4.76. The van der Waals surface area contributed by atoms with E-state index in [2.05, 4.69) is 5.10 Å². The SMILES string of the molecule is CCN(CCN)C(=O)c1ccnn1C. The first kappa shape index (κ1) is 10.7. The Labute approximate surface area is 83.5 Å². The Bertz CT molecular complexity index is 308. The number of carbonyl (C=O) groups excluding carboxylic acids is 1. The molecule has 0 unspecified atom stereocenters. The van der Waals surface area contributed by atoms with Gasteiger partial charge >= 0.3 is 0 Å². The van der Waals surface area contributed by atoms with E-state index in [9.17, 15) is 4.79 Å². The van der Waals surface area contributed by atoms with E-state index < -0.39 is 0 Å². The van der Waals surface area contributed by atoms with Crippen molar-refractivity contribution in [1.29, 1.82) is 0 Å². The summed E-state index contributed by atoms with van der Waals surface area (Å²) < 4.78 is 1.57. The molecule has 0 aliphatic rings. The van der Waals surface area contributed by atoms with Crippen LogP contribution in [-0.2, 0) is 7.05 Å². The Kier molecular flexibility index (Phi) is 3.64. The number of aryl methyl sites for hydroxylation is 1. The van der Waals surface area contributed by atoms with Crippen LogP contribution in [-0.4, -0.2) is 40.2 Å². The van der Waals surface area contributed by atoms with Crippen LogP contribution in [0.1, 0.15) is 17.4 Å². The van der Waals surface area contributed by atoms with Gasteiger partial charge in [0.1, 0.15) is 5.69 Å². The minimum atomic E-state index is -0.0158. The Morgan fingerprint density at radius 1 is 1.71 bits per heavy atom. The molecular formula is C9H16N4O. The van der Waals surface area contributed by atoms with Crippen molar-refractivity contribution in [1.82, 2.24) is 14.7 Å². The highest BCUT2D eigenvalue weighted by atomic mass is 16.2. The Morgan fingerprint density at radius 3 is 2.86 bits per heavy atom. The van der Waals surface area contributed by atoms with Crippen LogP contribution < -0.4 is 5.73 Å². The largest absolute Gasteiger partial charge is 0.336 e. The lowest BCUT2D eigenvalue weighted by Crippen LogP contribution is -2.36. The normalized spacial score (nSPS) is 10.2. The van der Waals surface area contributed by atoms with E-state index in [4.69, 9.17) is 5.73 Å². The zero-order chi connectivity index (χ0) is 10.6. The highest BCUT2D eigenvalue weighted by Gasteiger charge is 2.15. The van der Waals surface area contributed by atoms with Gasteiger partial charge in [-0.3, -0.25) is 9.48 Å². The van der Waals surface area contributed by atoms with Crippen molar-refractivity contribution in [2.75, 3.05) is 19.6 Å². The number of amides is 1. The maximum atomic E-state index is 11.9. The Hall–Kier alpha value is -1.36. The van der Waals surface area contributed by atoms with Gasteiger partial charge in [-0.2, -0.15) is 5.10 Å². The first-order valence-corrected chi connectivity index (χ1v) is 4.68. The molecule has 0 saturated carbocycles. The quantitative estimate of drug-likeness (QED) is 0.727. The molecule has 2 N–H and O–H groups in total. The molecular weight excluding hydrogens is 180 g/mol. The van der Waals surface area contributed by atoms with Crippen LogP contribution >= 0.6 is 0 Å². The van der Waals surface area contributed by atoms with E-state index in [-0.39, 0.29) is 5.91 Å². The van der Waals surface area contributed by atoms with E-state index in [0.717, 1.165) is 0 Å². The number of likely N-dealkylation sites (N-methyl/N-ethyl adjacent to an activating group) is 1. The predicted molar refractivity (Wildman–Crippen MR) is 53.8 cm³/mol. The topological polar surface area (TPSA) is 64.2 Å². The summed E-state index contributed by atoms with van der Waals surface area (Å²) in [5.41, 5.74) is 6.02. The molecule has 1 aromatic rings. The summed E-state index contributed by atoms with van der Waals surface area (Å²) in [6.45, 7) is 3.67. The maximum Gasteiger partial charge on any atom is 0.272 e. The maximum absolute atomic E-state index is 11.9. The van der Waals surface area contributed by atoms with Gasteiger partial charge in [0.2, 0.25) is 0 Å². The zero-order valence-electron chi connectivity index (χ0n) is 8.60. The van der Waals surface area contributed by atoms with Gasteiger partial charge in [0.05, 0.1) is 0 Å². The van der Waals surface area contributed by atoms with E-state index in [0.29, 0.717) is 25.3 Å². The van der Waals surface area contributed by atoms with E-state index in [1.54, 1.807) is 28.9 Å². The summed E-state index contributed by atoms with van der Waals surface area (Å²) in [5.74, 6) is -0.0158. The third-order valence-corrected chi connectivity index (χ3v) is 2.11. The predicted octanol–water partition coefficient (Wildman–Crippen LogP) is -0.159. The molecule has 5 heteroatoms. The summed E-state index contributed by atoms with van der Waals surface area (Å²) in [6.07, 6.45) is 1.61. The van der Waals surface area contributed by atoms with Gasteiger partial charge in [-0.15, -0.1) is 0 Å². The smallest absolute Gasteiger partial charge is 0.272 e. The molecule has 0 radical (unpaired) electrons. The number of carbonyl (C=O) groups is 1. The van der Waals surface area contributed by atoms with Crippen molar-refractivity contribution in [3.63, 3.8) is 0 Å². The van der Waals surface area contributed by atoms with Crippen LogP contribution in [0.25, 0.3) is 0 Å². The zero-order valence-corrected chi connectivity index (χ0v) is 8.60. The van der Waals surface area contributed by atoms with Crippen molar-refractivity contribution < 1.29 is 4.79 Å². The lowest BCUT2D eigenvalue weighted by molar-refractivity contribution is 0.0758. The number of hydrogen-bond acceptors (Lipinski definition) is 3. The van der Waals surface area contributed by atoms with Crippen LogP contribution in [0, 0.1) is 0 Å². The van der Waals surface area contributed by atoms with Crippen LogP contribution in [0.3, 0.4) is 0 Å². The molecule has 1 amide bonds. The van der Waals surface area contributed by atoms with Gasteiger partial charge in [-0.25, -0.2) is 0 Å². The monoisotopic (exact) mass is 196 g/mol. The summed E-state index contributed by atoms with van der Waals surface area (Å²) >= 11 is 0. The average molecular weight is 196 g/mol. The standard InChI is InChI=1S/C9H16N4O/c1-3-13(7-5-10)9(14)8-4-6-11-12(8)2/h4,6H,3,5,7,10H2,1-2H3. The average Bonchev–Trinajstić information content (AvgIpc) is 2.59. The highest BCUT2D eigenvalue weighted by molar-refractivity contribution is 5.92. The number of nitrogens with two attached hydrogens (primary N) is 1. The third-order valence-electron chi connectivity index (χ3n) is 2.11. The first-order chi connectivity index (χ1) is 6.70. The molecule has 1 aromatic heterocycles. The van der Waals surface area contributed by atoms with Crippen LogP contribution in [0.5, 0.6) is 0 Å². The van der Waals surface area contributed by atoms with Crippen molar-refractivity contribution in [3.05, 3.63) is 18.0 Å². The Balaban J connectivity index is 2.78. The molecule has 0 spiro atoms. The molecule has 0 aromatic carbocycles. The van der Waals surface area contributed by atoms with Crippen molar-refractivity contribution in [3.8, 4) is 0 Å². The van der Waals surface area contributed by atoms with Gasteiger partial charge in [0, 0.05) is 32.9 Å². The second-order valence-corrected chi connectivity index (χ2v) is 3.01. The molecule has 0 aliphatic carbocycles. The lowest BCUT2D eigenvalue weighted by Gasteiger charge is -2.19. The van der Waals surface area contributed by atoms with E-state index in [1.807, 2.05) is 6.92 Å². The summed E-state index contributed by atoms with van der Waals surface area (Å²) in [5, 5.41) is 3.95. The van der Waals surface area contributed by atoms with Crippen LogP contribution in [0.4, 0.5) is 0 Å². The molecule has 0 bridgehead atoms. The fourth-order valence-electron chi connectivity index (χ4n) is 1.30. The molecule has 1 rings (SSSR count). The van der Waals surface area contributed by atoms with Crippen LogP contribution in [0.15, 0.2) is 12.3 Å². The molecule has 78 valence electrons. The number of nitrogens with zero attached hydrogens (tertiary/aromatic N) is 3. The highest BCUT2D eigenvalue weighted by Crippen LogP contribution is 2.02. The van der Waals surface area contributed by atoms with Gasteiger partial charge in [-0.05, 0) is 13.0 Å². The number of aromatic nitrogens is 2. The van der Waals surface area contributed by atoms with Crippen LogP contribution in [0.2, 0.25) is 0 Å². The number of hydrogen-bond donors (Lipinski definition) is 1. The van der Waals surface area contributed by atoms with Crippen molar-refractivity contribution in [2.24, 2.45) is 12.8 Å². The van der Waals surface area contributed by atoms with Crippen molar-refractivity contribution >= 4 is 5.91 Å². The lowest BCUT2D eigenvalue weighted by atomic mass is 10.3. The third kappa shape index (κ3) is 2.11. The molecule has 0 fully saturated rings. The van der Waals surface area contributed by atoms with Gasteiger partial charge in [0.15, 0.2) is 0 Å². The van der Waals surface area contributed by atoms with Gasteiger partial charge < -0.3 is 10.6 Å². The summed E-state index contributed by atoms with van der Waals surface area (Å²) in [4.78, 5) is 13.6. The molecule has 5 nitrogen and oxygen atoms in total. The number of rotatable bonds is 4. The molecule has 0 aliphatic heterocycles. The molecule has 0 saturated heterocycles. The fourth-order valence-corrected chi connectivity index (χ4v) is 1.30. The van der Waals surface area contributed by atoms with E-state index in [1.165, 1.54) is 0 Å². The minimum Gasteiger partial charge on any atom is -0.336 e. The molecule has 1 heterocycles. The molecule has 0 atom stereocenters. The van der Waals surface area contributed by atoms with Crippen molar-refractivity contribution in [2.45, 2.75) is 6.92 Å². The summed E-state index contributed by atoms with van der Waals surface area (Å²) in [7, 11) is 1.75. The second-order valence-electron chi connectivity index (χ2n) is 3.01. The van der Waals surface area contributed by atoms with Gasteiger partial charge in [-0.1, -0.05) is 0 Å².